The average molecular weight is 299 g/mol. The van der Waals surface area contributed by atoms with E-state index in [0.29, 0.717) is 11.3 Å². The maximum absolute atomic E-state index is 14.5. The molecule has 3 aromatic rings. The second kappa shape index (κ2) is 6.62. The second-order valence-electron chi connectivity index (χ2n) is 5.12. The van der Waals surface area contributed by atoms with Gasteiger partial charge in [0.05, 0.1) is 6.26 Å². The number of furan rings is 1. The standard InChI is InChI=1S/C18H18FNO2/c1-20-12-15(19)17(13-6-3-2-4-7-13)22-16-9-5-8-14-10-11-21-18(14)16/h2-11,15,17,20H,12H2,1H3/t15-,17-/m1/s1. The fourth-order valence-electron chi connectivity index (χ4n) is 2.49. The fourth-order valence-corrected chi connectivity index (χ4v) is 2.49. The van der Waals surface area contributed by atoms with Crippen molar-refractivity contribution in [1.29, 1.82) is 0 Å². The van der Waals surface area contributed by atoms with Crippen LogP contribution < -0.4 is 10.1 Å². The highest BCUT2D eigenvalue weighted by molar-refractivity contribution is 5.82. The van der Waals surface area contributed by atoms with Crippen LogP contribution in [0.1, 0.15) is 11.7 Å². The molecule has 0 aliphatic heterocycles. The summed E-state index contributed by atoms with van der Waals surface area (Å²) in [5, 5.41) is 3.80. The van der Waals surface area contributed by atoms with Crippen molar-refractivity contribution in [3.8, 4) is 5.75 Å². The van der Waals surface area contributed by atoms with E-state index < -0.39 is 12.3 Å². The number of hydrogen-bond acceptors (Lipinski definition) is 3. The first kappa shape index (κ1) is 14.6. The molecule has 2 atom stereocenters. The van der Waals surface area contributed by atoms with Gasteiger partial charge in [-0.15, -0.1) is 0 Å². The Balaban J connectivity index is 1.94. The first-order valence-electron chi connectivity index (χ1n) is 7.26. The molecule has 0 bridgehead atoms. The highest BCUT2D eigenvalue weighted by Gasteiger charge is 2.25. The van der Waals surface area contributed by atoms with E-state index in [1.807, 2.05) is 48.5 Å². The molecule has 0 radical (unpaired) electrons. The summed E-state index contributed by atoms with van der Waals surface area (Å²) in [6, 6.07) is 16.9. The van der Waals surface area contributed by atoms with Gasteiger partial charge in [-0.3, -0.25) is 0 Å². The molecule has 1 heterocycles. The molecule has 0 spiro atoms. The lowest BCUT2D eigenvalue weighted by molar-refractivity contribution is 0.101. The molecule has 3 rings (SSSR count). The van der Waals surface area contributed by atoms with E-state index in [4.69, 9.17) is 9.15 Å². The van der Waals surface area contributed by atoms with Crippen LogP contribution in [0.2, 0.25) is 0 Å². The number of nitrogens with one attached hydrogen (secondary N) is 1. The number of ether oxygens (including phenoxy) is 1. The van der Waals surface area contributed by atoms with Crippen LogP contribution in [0.5, 0.6) is 5.75 Å². The lowest BCUT2D eigenvalue weighted by Crippen LogP contribution is -2.29. The van der Waals surface area contributed by atoms with Crippen molar-refractivity contribution in [2.45, 2.75) is 12.3 Å². The Bertz CT molecular complexity index is 726. The van der Waals surface area contributed by atoms with Gasteiger partial charge in [-0.1, -0.05) is 42.5 Å². The van der Waals surface area contributed by atoms with Crippen molar-refractivity contribution in [2.24, 2.45) is 0 Å². The van der Waals surface area contributed by atoms with Crippen LogP contribution in [0.15, 0.2) is 65.3 Å². The van der Waals surface area contributed by atoms with Crippen LogP contribution in [-0.2, 0) is 0 Å². The fraction of sp³-hybridized carbons (Fsp3) is 0.222. The van der Waals surface area contributed by atoms with Crippen molar-refractivity contribution >= 4 is 11.0 Å². The molecule has 3 nitrogen and oxygen atoms in total. The van der Waals surface area contributed by atoms with Gasteiger partial charge in [-0.2, -0.15) is 0 Å². The van der Waals surface area contributed by atoms with Gasteiger partial charge in [0, 0.05) is 11.9 Å². The third-order valence-electron chi connectivity index (χ3n) is 3.55. The van der Waals surface area contributed by atoms with Gasteiger partial charge < -0.3 is 14.5 Å². The van der Waals surface area contributed by atoms with Gasteiger partial charge in [0.1, 0.15) is 0 Å². The summed E-state index contributed by atoms with van der Waals surface area (Å²) in [5.41, 5.74) is 1.44. The summed E-state index contributed by atoms with van der Waals surface area (Å²) in [5.74, 6) is 0.551. The van der Waals surface area contributed by atoms with E-state index in [1.54, 1.807) is 19.4 Å². The lowest BCUT2D eigenvalue weighted by Gasteiger charge is -2.23. The molecule has 0 fully saturated rings. The zero-order valence-corrected chi connectivity index (χ0v) is 12.3. The largest absolute Gasteiger partial charge is 0.479 e. The first-order chi connectivity index (χ1) is 10.8. The van der Waals surface area contributed by atoms with E-state index in [-0.39, 0.29) is 6.54 Å². The Kier molecular flexibility index (Phi) is 4.39. The second-order valence-corrected chi connectivity index (χ2v) is 5.12. The van der Waals surface area contributed by atoms with Crippen LogP contribution in [0, 0.1) is 0 Å². The number of rotatable bonds is 6. The van der Waals surface area contributed by atoms with Crippen molar-refractivity contribution < 1.29 is 13.5 Å². The molecule has 0 aliphatic rings. The number of benzene rings is 2. The quantitative estimate of drug-likeness (QED) is 0.744. The Morgan fingerprint density at radius 2 is 1.91 bits per heavy atom. The molecule has 4 heteroatoms. The summed E-state index contributed by atoms with van der Waals surface area (Å²) in [6.45, 7) is 0.216. The molecule has 0 aliphatic carbocycles. The topological polar surface area (TPSA) is 34.4 Å². The molecule has 114 valence electrons. The predicted molar refractivity (Wildman–Crippen MR) is 84.8 cm³/mol. The van der Waals surface area contributed by atoms with Gasteiger partial charge in [-0.25, -0.2) is 4.39 Å². The van der Waals surface area contributed by atoms with Crippen LogP contribution in [-0.4, -0.2) is 19.8 Å². The Morgan fingerprint density at radius 1 is 1.09 bits per heavy atom. The summed E-state index contributed by atoms with van der Waals surface area (Å²) in [4.78, 5) is 0. The van der Waals surface area contributed by atoms with Crippen molar-refractivity contribution in [1.82, 2.24) is 5.32 Å². The SMILES string of the molecule is CNC[C@@H](F)[C@H](Oc1cccc2ccoc12)c1ccccc1. The lowest BCUT2D eigenvalue weighted by atomic mass is 10.0. The first-order valence-corrected chi connectivity index (χ1v) is 7.26. The van der Waals surface area contributed by atoms with E-state index in [9.17, 15) is 4.39 Å². The number of hydrogen-bond donors (Lipinski definition) is 1. The molecule has 2 aromatic carbocycles. The van der Waals surface area contributed by atoms with Gasteiger partial charge in [0.25, 0.3) is 0 Å². The summed E-state index contributed by atoms with van der Waals surface area (Å²) in [6.07, 6.45) is -0.253. The Labute approximate surface area is 128 Å². The molecule has 0 amide bonds. The summed E-state index contributed by atoms with van der Waals surface area (Å²) in [7, 11) is 1.72. The van der Waals surface area contributed by atoms with E-state index >= 15 is 0 Å². The molecule has 0 saturated heterocycles. The Morgan fingerprint density at radius 3 is 2.68 bits per heavy atom. The minimum Gasteiger partial charge on any atom is -0.479 e. The Hall–Kier alpha value is -2.33. The third-order valence-corrected chi connectivity index (χ3v) is 3.55. The van der Waals surface area contributed by atoms with Crippen LogP contribution in [0.4, 0.5) is 4.39 Å². The molecule has 1 aromatic heterocycles. The number of halogens is 1. The molecule has 1 N–H and O–H groups in total. The van der Waals surface area contributed by atoms with Gasteiger partial charge >= 0.3 is 0 Å². The minimum atomic E-state index is -1.17. The maximum atomic E-state index is 14.5. The van der Waals surface area contributed by atoms with Crippen molar-refractivity contribution in [2.75, 3.05) is 13.6 Å². The monoisotopic (exact) mass is 299 g/mol. The van der Waals surface area contributed by atoms with Crippen molar-refractivity contribution in [3.05, 3.63) is 66.4 Å². The van der Waals surface area contributed by atoms with Crippen LogP contribution in [0.3, 0.4) is 0 Å². The van der Waals surface area contributed by atoms with Crippen LogP contribution in [0.25, 0.3) is 11.0 Å². The van der Waals surface area contributed by atoms with Gasteiger partial charge in [-0.05, 0) is 24.7 Å². The van der Waals surface area contributed by atoms with Gasteiger partial charge in [0.15, 0.2) is 23.6 Å². The van der Waals surface area contributed by atoms with E-state index in [1.165, 1.54) is 0 Å². The zero-order valence-electron chi connectivity index (χ0n) is 12.3. The summed E-state index contributed by atoms with van der Waals surface area (Å²) >= 11 is 0. The normalized spacial score (nSPS) is 13.9. The highest BCUT2D eigenvalue weighted by Crippen LogP contribution is 2.32. The van der Waals surface area contributed by atoms with E-state index in [2.05, 4.69) is 5.32 Å². The minimum absolute atomic E-state index is 0.216. The smallest absolute Gasteiger partial charge is 0.175 e. The maximum Gasteiger partial charge on any atom is 0.175 e. The highest BCUT2D eigenvalue weighted by atomic mass is 19.1. The van der Waals surface area contributed by atoms with E-state index in [0.717, 1.165) is 10.9 Å². The zero-order chi connectivity index (χ0) is 15.4. The number of para-hydroxylation sites is 1. The molecule has 0 saturated carbocycles. The number of alkyl halides is 1. The average Bonchev–Trinajstić information content (AvgIpc) is 3.03. The van der Waals surface area contributed by atoms with Crippen molar-refractivity contribution in [3.63, 3.8) is 0 Å². The molecular formula is C18H18FNO2. The molecule has 0 unspecified atom stereocenters. The molecule has 22 heavy (non-hydrogen) atoms. The van der Waals surface area contributed by atoms with Crippen LogP contribution >= 0.6 is 0 Å². The third kappa shape index (κ3) is 2.97. The summed E-state index contributed by atoms with van der Waals surface area (Å²) < 4.78 is 26.0. The number of fused-ring (bicyclic) bond motifs is 1. The van der Waals surface area contributed by atoms with Gasteiger partial charge in [0.2, 0.25) is 0 Å². The molecular weight excluding hydrogens is 281 g/mol. The predicted octanol–water partition coefficient (Wildman–Crippen LogP) is 4.11.